The maximum Gasteiger partial charge on any atom is 0.0945 e. The molecule has 0 aliphatic heterocycles. The van der Waals surface area contributed by atoms with E-state index in [1.165, 1.54) is 38.6 Å². The number of aromatic nitrogens is 2. The van der Waals surface area contributed by atoms with Gasteiger partial charge in [-0.05, 0) is 44.2 Å². The van der Waals surface area contributed by atoms with Crippen molar-refractivity contribution in [2.24, 2.45) is 11.8 Å². The molecule has 1 saturated carbocycles. The summed E-state index contributed by atoms with van der Waals surface area (Å²) in [5, 5.41) is 3.60. The normalized spacial score (nSPS) is 25.0. The average Bonchev–Trinajstić information content (AvgIpc) is 2.84. The van der Waals surface area contributed by atoms with E-state index in [1.807, 2.05) is 18.7 Å². The van der Waals surface area contributed by atoms with Gasteiger partial charge in [0.15, 0.2) is 0 Å². The number of rotatable bonds is 6. The van der Waals surface area contributed by atoms with Crippen molar-refractivity contribution in [3.8, 4) is 0 Å². The van der Waals surface area contributed by atoms with Gasteiger partial charge in [0, 0.05) is 18.9 Å². The van der Waals surface area contributed by atoms with Gasteiger partial charge in [0.25, 0.3) is 0 Å². The molecule has 0 spiro atoms. The summed E-state index contributed by atoms with van der Waals surface area (Å²) in [6.07, 6.45) is 12.7. The Bertz CT molecular complexity index is 286. The Morgan fingerprint density at radius 1 is 1.29 bits per heavy atom. The van der Waals surface area contributed by atoms with Crippen LogP contribution in [0.15, 0.2) is 18.7 Å². The Morgan fingerprint density at radius 3 is 2.82 bits per heavy atom. The highest BCUT2D eigenvalue weighted by Crippen LogP contribution is 2.27. The standard InChI is InChI=1S/C14H25N3/c1-13-3-5-14(6-4-13)11-15-7-2-9-17-10-8-16-12-17/h8,10,12-15H,2-7,9,11H2,1H3. The van der Waals surface area contributed by atoms with E-state index in [4.69, 9.17) is 0 Å². The van der Waals surface area contributed by atoms with E-state index in [0.29, 0.717) is 0 Å². The van der Waals surface area contributed by atoms with E-state index in [9.17, 15) is 0 Å². The van der Waals surface area contributed by atoms with Gasteiger partial charge in [0.2, 0.25) is 0 Å². The van der Waals surface area contributed by atoms with E-state index in [2.05, 4.69) is 21.8 Å². The first kappa shape index (κ1) is 12.6. The molecule has 0 unspecified atom stereocenters. The van der Waals surface area contributed by atoms with Crippen LogP contribution >= 0.6 is 0 Å². The second kappa shape index (κ2) is 6.80. The van der Waals surface area contributed by atoms with E-state index in [-0.39, 0.29) is 0 Å². The molecular weight excluding hydrogens is 210 g/mol. The second-order valence-corrected chi connectivity index (χ2v) is 5.48. The minimum absolute atomic E-state index is 0.930. The highest BCUT2D eigenvalue weighted by atomic mass is 15.0. The van der Waals surface area contributed by atoms with Crippen LogP contribution in [0.2, 0.25) is 0 Å². The highest BCUT2D eigenvalue weighted by molar-refractivity contribution is 4.74. The predicted molar refractivity (Wildman–Crippen MR) is 70.8 cm³/mol. The number of hydrogen-bond donors (Lipinski definition) is 1. The predicted octanol–water partition coefficient (Wildman–Crippen LogP) is 2.69. The van der Waals surface area contributed by atoms with E-state index in [1.54, 1.807) is 0 Å². The second-order valence-electron chi connectivity index (χ2n) is 5.48. The molecule has 1 aromatic rings. The lowest BCUT2D eigenvalue weighted by molar-refractivity contribution is 0.281. The van der Waals surface area contributed by atoms with Gasteiger partial charge in [-0.1, -0.05) is 19.8 Å². The van der Waals surface area contributed by atoms with Gasteiger partial charge in [-0.25, -0.2) is 4.98 Å². The fourth-order valence-corrected chi connectivity index (χ4v) is 2.65. The zero-order valence-corrected chi connectivity index (χ0v) is 10.9. The molecule has 1 aliphatic carbocycles. The van der Waals surface area contributed by atoms with Crippen LogP contribution in [0, 0.1) is 11.8 Å². The topological polar surface area (TPSA) is 29.9 Å². The molecular formula is C14H25N3. The number of hydrogen-bond acceptors (Lipinski definition) is 2. The number of nitrogens with one attached hydrogen (secondary N) is 1. The van der Waals surface area contributed by atoms with E-state index >= 15 is 0 Å². The van der Waals surface area contributed by atoms with Crippen LogP contribution in [0.5, 0.6) is 0 Å². The van der Waals surface area contributed by atoms with Crippen LogP contribution in [0.25, 0.3) is 0 Å². The molecule has 2 rings (SSSR count). The Hall–Kier alpha value is -0.830. The quantitative estimate of drug-likeness (QED) is 0.768. The minimum Gasteiger partial charge on any atom is -0.337 e. The summed E-state index contributed by atoms with van der Waals surface area (Å²) in [5.74, 6) is 1.90. The van der Waals surface area contributed by atoms with Crippen LogP contribution in [-0.2, 0) is 6.54 Å². The molecule has 1 aliphatic rings. The molecule has 17 heavy (non-hydrogen) atoms. The molecule has 0 saturated heterocycles. The summed E-state index contributed by atoms with van der Waals surface area (Å²) in [4.78, 5) is 4.04. The molecule has 0 atom stereocenters. The minimum atomic E-state index is 0.930. The summed E-state index contributed by atoms with van der Waals surface area (Å²) in [6, 6.07) is 0. The monoisotopic (exact) mass is 235 g/mol. The van der Waals surface area contributed by atoms with Gasteiger partial charge in [-0.2, -0.15) is 0 Å². The molecule has 1 heterocycles. The zero-order valence-electron chi connectivity index (χ0n) is 10.9. The van der Waals surface area contributed by atoms with Crippen molar-refractivity contribution in [2.45, 2.75) is 45.6 Å². The van der Waals surface area contributed by atoms with E-state index in [0.717, 1.165) is 24.9 Å². The largest absolute Gasteiger partial charge is 0.337 e. The Balaban J connectivity index is 1.49. The first-order chi connectivity index (χ1) is 8.34. The average molecular weight is 235 g/mol. The molecule has 3 nitrogen and oxygen atoms in total. The van der Waals surface area contributed by atoms with Gasteiger partial charge in [0.1, 0.15) is 0 Å². The van der Waals surface area contributed by atoms with Gasteiger partial charge in [-0.3, -0.25) is 0 Å². The first-order valence-electron chi connectivity index (χ1n) is 7.01. The molecule has 0 bridgehead atoms. The third-order valence-corrected chi connectivity index (χ3v) is 3.90. The van der Waals surface area contributed by atoms with Crippen molar-refractivity contribution in [1.82, 2.24) is 14.9 Å². The lowest BCUT2D eigenvalue weighted by Crippen LogP contribution is -2.27. The van der Waals surface area contributed by atoms with Gasteiger partial charge < -0.3 is 9.88 Å². The van der Waals surface area contributed by atoms with Gasteiger partial charge in [-0.15, -0.1) is 0 Å². The van der Waals surface area contributed by atoms with Crippen molar-refractivity contribution in [1.29, 1.82) is 0 Å². The summed E-state index contributed by atoms with van der Waals surface area (Å²) < 4.78 is 2.14. The summed E-state index contributed by atoms with van der Waals surface area (Å²) in [5.41, 5.74) is 0. The Labute approximate surface area is 105 Å². The third kappa shape index (κ3) is 4.50. The first-order valence-corrected chi connectivity index (χ1v) is 7.01. The fourth-order valence-electron chi connectivity index (χ4n) is 2.65. The molecule has 1 aromatic heterocycles. The molecule has 0 amide bonds. The van der Waals surface area contributed by atoms with E-state index < -0.39 is 0 Å². The summed E-state index contributed by atoms with van der Waals surface area (Å²) in [7, 11) is 0. The highest BCUT2D eigenvalue weighted by Gasteiger charge is 2.17. The number of nitrogens with zero attached hydrogens (tertiary/aromatic N) is 2. The van der Waals surface area contributed by atoms with Crippen molar-refractivity contribution < 1.29 is 0 Å². The number of imidazole rings is 1. The van der Waals surface area contributed by atoms with Crippen molar-refractivity contribution in [2.75, 3.05) is 13.1 Å². The maximum atomic E-state index is 4.04. The SMILES string of the molecule is CC1CCC(CNCCCn2ccnc2)CC1. The van der Waals surface area contributed by atoms with Crippen molar-refractivity contribution >= 4 is 0 Å². The smallest absolute Gasteiger partial charge is 0.0945 e. The van der Waals surface area contributed by atoms with Gasteiger partial charge >= 0.3 is 0 Å². The molecule has 1 N–H and O–H groups in total. The summed E-state index contributed by atoms with van der Waals surface area (Å²) in [6.45, 7) is 5.81. The lowest BCUT2D eigenvalue weighted by atomic mass is 9.83. The molecule has 0 aromatic carbocycles. The third-order valence-electron chi connectivity index (χ3n) is 3.90. The van der Waals surface area contributed by atoms with Crippen LogP contribution in [0.4, 0.5) is 0 Å². The fraction of sp³-hybridized carbons (Fsp3) is 0.786. The van der Waals surface area contributed by atoms with Crippen molar-refractivity contribution in [3.63, 3.8) is 0 Å². The lowest BCUT2D eigenvalue weighted by Gasteiger charge is -2.26. The van der Waals surface area contributed by atoms with Crippen LogP contribution < -0.4 is 5.32 Å². The van der Waals surface area contributed by atoms with Crippen LogP contribution in [0.3, 0.4) is 0 Å². The van der Waals surface area contributed by atoms with Crippen molar-refractivity contribution in [3.05, 3.63) is 18.7 Å². The van der Waals surface area contributed by atoms with Gasteiger partial charge in [0.05, 0.1) is 6.33 Å². The molecule has 3 heteroatoms. The Morgan fingerprint density at radius 2 is 2.12 bits per heavy atom. The maximum absolute atomic E-state index is 4.04. The zero-order chi connectivity index (χ0) is 11.9. The van der Waals surface area contributed by atoms with Crippen LogP contribution in [0.1, 0.15) is 39.0 Å². The van der Waals surface area contributed by atoms with Crippen LogP contribution in [-0.4, -0.2) is 22.6 Å². The molecule has 0 radical (unpaired) electrons. The summed E-state index contributed by atoms with van der Waals surface area (Å²) >= 11 is 0. The molecule has 1 fully saturated rings. The Kier molecular flexibility index (Phi) is 5.05. The molecule has 96 valence electrons. The number of aryl methyl sites for hydroxylation is 1.